The molecule has 132 valence electrons. The molecule has 4 rings (SSSR count). The smallest absolute Gasteiger partial charge is 0.345 e. The lowest BCUT2D eigenvalue weighted by atomic mass is 10.1. The van der Waals surface area contributed by atoms with Crippen molar-refractivity contribution in [1.29, 1.82) is 0 Å². The van der Waals surface area contributed by atoms with Crippen molar-refractivity contribution in [3.8, 4) is 0 Å². The maximum Gasteiger partial charge on any atom is 0.345 e. The molecule has 0 bridgehead atoms. The molecule has 1 saturated heterocycles. The molecule has 1 saturated carbocycles. The average molecular weight is 335 g/mol. The summed E-state index contributed by atoms with van der Waals surface area (Å²) in [4.78, 5) is 29.2. The molecule has 1 unspecified atom stereocenters. The van der Waals surface area contributed by atoms with Crippen molar-refractivity contribution in [2.75, 3.05) is 26.3 Å². The van der Waals surface area contributed by atoms with Gasteiger partial charge in [0.05, 0.1) is 19.8 Å². The number of morpholine rings is 1. The van der Waals surface area contributed by atoms with Crippen LogP contribution in [0.2, 0.25) is 0 Å². The van der Waals surface area contributed by atoms with E-state index in [1.807, 2.05) is 4.90 Å². The van der Waals surface area contributed by atoms with Crippen LogP contribution in [0.5, 0.6) is 0 Å². The van der Waals surface area contributed by atoms with Crippen molar-refractivity contribution < 1.29 is 9.53 Å². The highest BCUT2D eigenvalue weighted by atomic mass is 16.5. The third-order valence-corrected chi connectivity index (χ3v) is 5.57. The molecule has 8 nitrogen and oxygen atoms in total. The molecule has 0 radical (unpaired) electrons. The number of hydrogen-bond acceptors (Lipinski definition) is 5. The third kappa shape index (κ3) is 2.67. The van der Waals surface area contributed by atoms with Crippen LogP contribution >= 0.6 is 0 Å². The molecule has 3 aliphatic rings. The summed E-state index contributed by atoms with van der Waals surface area (Å²) in [7, 11) is 1.65. The fraction of sp³-hybridized carbons (Fsp3) is 0.812. The predicted octanol–water partition coefficient (Wildman–Crippen LogP) is -0.433. The number of amides is 1. The van der Waals surface area contributed by atoms with Crippen LogP contribution in [0.15, 0.2) is 4.79 Å². The number of rotatable bonds is 2. The molecule has 1 aliphatic carbocycles. The lowest BCUT2D eigenvalue weighted by Gasteiger charge is -2.41. The molecule has 1 amide bonds. The average Bonchev–Trinajstić information content (AvgIpc) is 3.23. The second-order valence-corrected chi connectivity index (χ2v) is 7.00. The summed E-state index contributed by atoms with van der Waals surface area (Å²) >= 11 is 0. The highest BCUT2D eigenvalue weighted by molar-refractivity contribution is 5.82. The summed E-state index contributed by atoms with van der Waals surface area (Å²) in [5.41, 5.74) is -0.106. The SMILES string of the molecule is Cn1nc2n(c1=O)CCN(C(=O)C1COCCN1C1CCCC1)C2. The Labute approximate surface area is 141 Å². The Kier molecular flexibility index (Phi) is 4.17. The van der Waals surface area contributed by atoms with E-state index >= 15 is 0 Å². The second-order valence-electron chi connectivity index (χ2n) is 7.00. The first-order valence-electron chi connectivity index (χ1n) is 8.90. The van der Waals surface area contributed by atoms with Crippen molar-refractivity contribution in [2.24, 2.45) is 7.05 Å². The largest absolute Gasteiger partial charge is 0.378 e. The van der Waals surface area contributed by atoms with Gasteiger partial charge in [-0.1, -0.05) is 12.8 Å². The number of hydrogen-bond donors (Lipinski definition) is 0. The van der Waals surface area contributed by atoms with Gasteiger partial charge in [-0.05, 0) is 12.8 Å². The molecule has 2 fully saturated rings. The van der Waals surface area contributed by atoms with Crippen LogP contribution in [0.1, 0.15) is 31.5 Å². The van der Waals surface area contributed by atoms with Gasteiger partial charge in [0.1, 0.15) is 6.04 Å². The van der Waals surface area contributed by atoms with Crippen LogP contribution in [0, 0.1) is 0 Å². The van der Waals surface area contributed by atoms with E-state index in [0.717, 1.165) is 6.54 Å². The van der Waals surface area contributed by atoms with Crippen LogP contribution in [-0.2, 0) is 29.7 Å². The third-order valence-electron chi connectivity index (χ3n) is 5.57. The molecule has 8 heteroatoms. The van der Waals surface area contributed by atoms with Crippen LogP contribution in [0.3, 0.4) is 0 Å². The lowest BCUT2D eigenvalue weighted by Crippen LogP contribution is -2.58. The minimum Gasteiger partial charge on any atom is -0.378 e. The van der Waals surface area contributed by atoms with Gasteiger partial charge in [0.15, 0.2) is 5.82 Å². The summed E-state index contributed by atoms with van der Waals surface area (Å²) in [5.74, 6) is 0.789. The molecule has 0 spiro atoms. The van der Waals surface area contributed by atoms with Crippen molar-refractivity contribution in [3.63, 3.8) is 0 Å². The molecule has 3 heterocycles. The maximum atomic E-state index is 13.1. The Balaban J connectivity index is 1.51. The maximum absolute atomic E-state index is 13.1. The van der Waals surface area contributed by atoms with Crippen LogP contribution in [0.25, 0.3) is 0 Å². The summed E-state index contributed by atoms with van der Waals surface area (Å²) in [6.45, 7) is 3.51. The molecule has 2 aliphatic heterocycles. The van der Waals surface area contributed by atoms with Gasteiger partial charge in [-0.3, -0.25) is 14.3 Å². The number of aromatic nitrogens is 3. The number of aryl methyl sites for hydroxylation is 1. The number of carbonyl (C=O) groups excluding carboxylic acids is 1. The first-order valence-corrected chi connectivity index (χ1v) is 8.90. The summed E-state index contributed by atoms with van der Waals surface area (Å²) in [6, 6.07) is 0.324. The molecule has 24 heavy (non-hydrogen) atoms. The summed E-state index contributed by atoms with van der Waals surface area (Å²) in [5, 5.41) is 4.25. The quantitative estimate of drug-likeness (QED) is 0.733. The summed E-state index contributed by atoms with van der Waals surface area (Å²) in [6.07, 6.45) is 4.88. The Morgan fingerprint density at radius 1 is 1.21 bits per heavy atom. The van der Waals surface area contributed by atoms with Gasteiger partial charge < -0.3 is 9.64 Å². The van der Waals surface area contributed by atoms with Gasteiger partial charge in [0.2, 0.25) is 5.91 Å². The second kappa shape index (κ2) is 6.33. The predicted molar refractivity (Wildman–Crippen MR) is 86.5 cm³/mol. The molecule has 0 aromatic carbocycles. The van der Waals surface area contributed by atoms with E-state index in [2.05, 4.69) is 10.00 Å². The molecule has 1 aromatic rings. The number of ether oxygens (including phenoxy) is 1. The van der Waals surface area contributed by atoms with Crippen molar-refractivity contribution in [3.05, 3.63) is 16.3 Å². The Bertz CT molecular complexity index is 676. The minimum atomic E-state index is -0.191. The molecular weight excluding hydrogens is 310 g/mol. The zero-order valence-corrected chi connectivity index (χ0v) is 14.2. The van der Waals surface area contributed by atoms with Gasteiger partial charge in [-0.25, -0.2) is 9.48 Å². The molecular formula is C16H25N5O3. The van der Waals surface area contributed by atoms with Gasteiger partial charge in [-0.15, -0.1) is 0 Å². The topological polar surface area (TPSA) is 72.6 Å². The fourth-order valence-electron chi connectivity index (χ4n) is 4.27. The van der Waals surface area contributed by atoms with Gasteiger partial charge >= 0.3 is 5.69 Å². The Morgan fingerprint density at radius 3 is 2.79 bits per heavy atom. The number of nitrogens with zero attached hydrogens (tertiary/aromatic N) is 5. The van der Waals surface area contributed by atoms with Crippen molar-refractivity contribution in [2.45, 2.75) is 50.9 Å². The monoisotopic (exact) mass is 335 g/mol. The van der Waals surface area contributed by atoms with Crippen LogP contribution in [-0.4, -0.2) is 68.4 Å². The number of fused-ring (bicyclic) bond motifs is 1. The van der Waals surface area contributed by atoms with E-state index in [9.17, 15) is 9.59 Å². The van der Waals surface area contributed by atoms with E-state index < -0.39 is 0 Å². The number of carbonyl (C=O) groups is 1. The highest BCUT2D eigenvalue weighted by Gasteiger charge is 2.38. The summed E-state index contributed by atoms with van der Waals surface area (Å²) < 4.78 is 8.62. The highest BCUT2D eigenvalue weighted by Crippen LogP contribution is 2.27. The fourth-order valence-corrected chi connectivity index (χ4v) is 4.27. The first kappa shape index (κ1) is 15.8. The van der Waals surface area contributed by atoms with E-state index in [1.165, 1.54) is 30.4 Å². The van der Waals surface area contributed by atoms with E-state index in [0.29, 0.717) is 44.7 Å². The van der Waals surface area contributed by atoms with E-state index in [4.69, 9.17) is 4.74 Å². The van der Waals surface area contributed by atoms with Gasteiger partial charge in [-0.2, -0.15) is 5.10 Å². The minimum absolute atomic E-state index is 0.106. The van der Waals surface area contributed by atoms with E-state index in [1.54, 1.807) is 11.6 Å². The van der Waals surface area contributed by atoms with Crippen LogP contribution in [0.4, 0.5) is 0 Å². The standard InChI is InChI=1S/C16H25N5O3/c1-18-16(23)21-7-6-19(10-14(21)17-18)15(22)13-11-24-9-8-20(13)12-4-2-3-5-12/h12-13H,2-11H2,1H3. The van der Waals surface area contributed by atoms with Crippen LogP contribution < -0.4 is 5.69 Å². The Hall–Kier alpha value is -1.67. The molecule has 1 aromatic heterocycles. The van der Waals surface area contributed by atoms with E-state index in [-0.39, 0.29) is 17.6 Å². The Morgan fingerprint density at radius 2 is 2.00 bits per heavy atom. The zero-order chi connectivity index (χ0) is 16.7. The first-order chi connectivity index (χ1) is 11.6. The van der Waals surface area contributed by atoms with Gasteiger partial charge in [0, 0.05) is 32.7 Å². The van der Waals surface area contributed by atoms with Crippen molar-refractivity contribution >= 4 is 5.91 Å². The van der Waals surface area contributed by atoms with Crippen molar-refractivity contribution in [1.82, 2.24) is 24.1 Å². The van der Waals surface area contributed by atoms with Gasteiger partial charge in [0.25, 0.3) is 0 Å². The normalized spacial score (nSPS) is 25.9. The zero-order valence-electron chi connectivity index (χ0n) is 14.2. The molecule has 1 atom stereocenters. The lowest BCUT2D eigenvalue weighted by molar-refractivity contribution is -0.146. The molecule has 0 N–H and O–H groups in total.